The molecule has 5 nitrogen and oxygen atoms in total. The number of amides is 2. The molecule has 2 unspecified atom stereocenters. The third kappa shape index (κ3) is 2.19. The van der Waals surface area contributed by atoms with Gasteiger partial charge in [-0.3, -0.25) is 9.59 Å². The first-order valence-electron chi connectivity index (χ1n) is 6.03. The van der Waals surface area contributed by atoms with Crippen LogP contribution in [-0.2, 0) is 9.59 Å². The molecule has 0 aromatic heterocycles. The SMILES string of the molecule is CCCNC1CCN(C2CNC(=O)C2)C1=O. The monoisotopic (exact) mass is 225 g/mol. The van der Waals surface area contributed by atoms with Crippen molar-refractivity contribution in [1.29, 1.82) is 0 Å². The lowest BCUT2D eigenvalue weighted by Crippen LogP contribution is -2.43. The Balaban J connectivity index is 1.89. The van der Waals surface area contributed by atoms with Crippen molar-refractivity contribution in [1.82, 2.24) is 15.5 Å². The third-order valence-corrected chi connectivity index (χ3v) is 3.28. The number of carbonyl (C=O) groups excluding carboxylic acids is 2. The molecule has 0 radical (unpaired) electrons. The Morgan fingerprint density at radius 3 is 2.94 bits per heavy atom. The van der Waals surface area contributed by atoms with E-state index in [0.29, 0.717) is 13.0 Å². The number of hydrogen-bond acceptors (Lipinski definition) is 3. The fourth-order valence-corrected chi connectivity index (χ4v) is 2.38. The molecular formula is C11H19N3O2. The minimum atomic E-state index is -0.0318. The van der Waals surface area contributed by atoms with Crippen molar-refractivity contribution in [2.45, 2.75) is 38.3 Å². The summed E-state index contributed by atoms with van der Waals surface area (Å²) < 4.78 is 0. The molecule has 5 heteroatoms. The second-order valence-electron chi connectivity index (χ2n) is 4.49. The molecule has 2 amide bonds. The number of hydrogen-bond donors (Lipinski definition) is 2. The molecule has 2 atom stereocenters. The van der Waals surface area contributed by atoms with Crippen LogP contribution in [0.5, 0.6) is 0 Å². The molecule has 0 saturated carbocycles. The van der Waals surface area contributed by atoms with Crippen molar-refractivity contribution in [2.24, 2.45) is 0 Å². The zero-order chi connectivity index (χ0) is 11.5. The van der Waals surface area contributed by atoms with Gasteiger partial charge in [-0.05, 0) is 19.4 Å². The minimum Gasteiger partial charge on any atom is -0.354 e. The van der Waals surface area contributed by atoms with Crippen molar-refractivity contribution in [3.8, 4) is 0 Å². The van der Waals surface area contributed by atoms with Crippen LogP contribution in [0.4, 0.5) is 0 Å². The van der Waals surface area contributed by atoms with Gasteiger partial charge in [-0.15, -0.1) is 0 Å². The second-order valence-corrected chi connectivity index (χ2v) is 4.49. The first-order valence-corrected chi connectivity index (χ1v) is 6.03. The highest BCUT2D eigenvalue weighted by atomic mass is 16.2. The quantitative estimate of drug-likeness (QED) is 0.676. The Morgan fingerprint density at radius 1 is 1.50 bits per heavy atom. The Kier molecular flexibility index (Phi) is 3.43. The van der Waals surface area contributed by atoms with Gasteiger partial charge in [0.25, 0.3) is 0 Å². The smallest absolute Gasteiger partial charge is 0.240 e. The van der Waals surface area contributed by atoms with E-state index >= 15 is 0 Å². The molecule has 2 saturated heterocycles. The predicted molar refractivity (Wildman–Crippen MR) is 59.8 cm³/mol. The summed E-state index contributed by atoms with van der Waals surface area (Å²) in [4.78, 5) is 25.0. The third-order valence-electron chi connectivity index (χ3n) is 3.28. The number of rotatable bonds is 4. The summed E-state index contributed by atoms with van der Waals surface area (Å²) in [6.07, 6.45) is 2.36. The van der Waals surface area contributed by atoms with Crippen molar-refractivity contribution < 1.29 is 9.59 Å². The van der Waals surface area contributed by atoms with Crippen molar-refractivity contribution in [3.05, 3.63) is 0 Å². The van der Waals surface area contributed by atoms with Crippen LogP contribution < -0.4 is 10.6 Å². The first kappa shape index (κ1) is 11.4. The van der Waals surface area contributed by atoms with Crippen LogP contribution in [0.3, 0.4) is 0 Å². The molecule has 2 aliphatic rings. The Morgan fingerprint density at radius 2 is 2.31 bits per heavy atom. The first-order chi connectivity index (χ1) is 7.72. The fraction of sp³-hybridized carbons (Fsp3) is 0.818. The van der Waals surface area contributed by atoms with Gasteiger partial charge in [-0.25, -0.2) is 0 Å². The van der Waals surface area contributed by atoms with E-state index in [1.165, 1.54) is 0 Å². The minimum absolute atomic E-state index is 0.0318. The highest BCUT2D eigenvalue weighted by Crippen LogP contribution is 2.18. The standard InChI is InChI=1S/C11H19N3O2/c1-2-4-12-9-3-5-14(11(9)16)8-6-10(15)13-7-8/h8-9,12H,2-7H2,1H3,(H,13,15). The summed E-state index contributed by atoms with van der Waals surface area (Å²) in [7, 11) is 0. The molecular weight excluding hydrogens is 206 g/mol. The summed E-state index contributed by atoms with van der Waals surface area (Å²) in [5, 5.41) is 6.02. The predicted octanol–water partition coefficient (Wildman–Crippen LogP) is -0.525. The Labute approximate surface area is 95.6 Å². The number of nitrogens with zero attached hydrogens (tertiary/aromatic N) is 1. The zero-order valence-corrected chi connectivity index (χ0v) is 9.66. The van der Waals surface area contributed by atoms with Gasteiger partial charge in [-0.2, -0.15) is 0 Å². The Hall–Kier alpha value is -1.10. The van der Waals surface area contributed by atoms with Gasteiger partial charge in [0.2, 0.25) is 11.8 Å². The van der Waals surface area contributed by atoms with Gasteiger partial charge in [0.1, 0.15) is 0 Å². The molecule has 2 rings (SSSR count). The van der Waals surface area contributed by atoms with Gasteiger partial charge < -0.3 is 15.5 Å². The summed E-state index contributed by atoms with van der Waals surface area (Å²) in [6.45, 7) is 4.36. The summed E-state index contributed by atoms with van der Waals surface area (Å²) >= 11 is 0. The van der Waals surface area contributed by atoms with E-state index in [1.54, 1.807) is 0 Å². The molecule has 16 heavy (non-hydrogen) atoms. The number of nitrogens with one attached hydrogen (secondary N) is 2. The molecule has 0 aromatic rings. The molecule has 2 N–H and O–H groups in total. The fourth-order valence-electron chi connectivity index (χ4n) is 2.38. The molecule has 0 aliphatic carbocycles. The lowest BCUT2D eigenvalue weighted by atomic mass is 10.2. The maximum atomic E-state index is 12.0. The Bertz CT molecular complexity index is 293. The summed E-state index contributed by atoms with van der Waals surface area (Å²) in [6, 6.07) is 0.0454. The van der Waals surface area contributed by atoms with Crippen LogP contribution in [0, 0.1) is 0 Å². The lowest BCUT2D eigenvalue weighted by Gasteiger charge is -2.22. The average molecular weight is 225 g/mol. The van der Waals surface area contributed by atoms with E-state index in [2.05, 4.69) is 17.6 Å². The molecule has 0 aromatic carbocycles. The van der Waals surface area contributed by atoms with E-state index in [4.69, 9.17) is 0 Å². The van der Waals surface area contributed by atoms with Crippen molar-refractivity contribution in [2.75, 3.05) is 19.6 Å². The van der Waals surface area contributed by atoms with E-state index in [-0.39, 0.29) is 23.9 Å². The number of carbonyl (C=O) groups is 2. The van der Waals surface area contributed by atoms with Crippen LogP contribution in [0.1, 0.15) is 26.2 Å². The van der Waals surface area contributed by atoms with Crippen LogP contribution in [-0.4, -0.2) is 48.4 Å². The largest absolute Gasteiger partial charge is 0.354 e. The van der Waals surface area contributed by atoms with E-state index in [1.807, 2.05) is 4.90 Å². The number of likely N-dealkylation sites (tertiary alicyclic amines) is 1. The van der Waals surface area contributed by atoms with Crippen LogP contribution >= 0.6 is 0 Å². The van der Waals surface area contributed by atoms with Gasteiger partial charge in [0, 0.05) is 19.5 Å². The van der Waals surface area contributed by atoms with Gasteiger partial charge in [0.05, 0.1) is 12.1 Å². The average Bonchev–Trinajstić information content (AvgIpc) is 2.83. The van der Waals surface area contributed by atoms with Crippen molar-refractivity contribution in [3.63, 3.8) is 0 Å². The molecule has 0 spiro atoms. The van der Waals surface area contributed by atoms with Gasteiger partial charge >= 0.3 is 0 Å². The topological polar surface area (TPSA) is 61.4 Å². The molecule has 2 fully saturated rings. The van der Waals surface area contributed by atoms with Crippen LogP contribution in [0.25, 0.3) is 0 Å². The normalized spacial score (nSPS) is 29.9. The van der Waals surface area contributed by atoms with Crippen LogP contribution in [0.2, 0.25) is 0 Å². The molecule has 90 valence electrons. The summed E-state index contributed by atoms with van der Waals surface area (Å²) in [5.74, 6) is 0.220. The maximum Gasteiger partial charge on any atom is 0.240 e. The van der Waals surface area contributed by atoms with E-state index in [0.717, 1.165) is 25.9 Å². The summed E-state index contributed by atoms with van der Waals surface area (Å²) in [5.41, 5.74) is 0. The van der Waals surface area contributed by atoms with Crippen LogP contribution in [0.15, 0.2) is 0 Å². The second kappa shape index (κ2) is 4.82. The lowest BCUT2D eigenvalue weighted by molar-refractivity contribution is -0.131. The zero-order valence-electron chi connectivity index (χ0n) is 9.66. The maximum absolute atomic E-state index is 12.0. The van der Waals surface area contributed by atoms with E-state index in [9.17, 15) is 9.59 Å². The van der Waals surface area contributed by atoms with E-state index < -0.39 is 0 Å². The molecule has 2 heterocycles. The highest BCUT2D eigenvalue weighted by Gasteiger charge is 2.38. The molecule has 0 bridgehead atoms. The van der Waals surface area contributed by atoms with Gasteiger partial charge in [0.15, 0.2) is 0 Å². The highest BCUT2D eigenvalue weighted by molar-refractivity contribution is 5.86. The molecule has 2 aliphatic heterocycles. The van der Waals surface area contributed by atoms with Gasteiger partial charge in [-0.1, -0.05) is 6.92 Å². The van der Waals surface area contributed by atoms with Crippen molar-refractivity contribution >= 4 is 11.8 Å².